The number of quaternary nitrogens is 1. The van der Waals surface area contributed by atoms with Crippen LogP contribution in [0.1, 0.15) is 21.6 Å². The van der Waals surface area contributed by atoms with Gasteiger partial charge in [-0.3, -0.25) is 4.79 Å². The van der Waals surface area contributed by atoms with E-state index in [1.807, 2.05) is 6.07 Å². The number of carbonyl (C=O) groups is 1. The summed E-state index contributed by atoms with van der Waals surface area (Å²) < 4.78 is 1.47. The molecule has 4 rings (SSSR count). The molecule has 5 N–H and O–H groups in total. The monoisotopic (exact) mass is 296 g/mol. The third-order valence-electron chi connectivity index (χ3n) is 4.27. The summed E-state index contributed by atoms with van der Waals surface area (Å²) in [6.45, 7) is 1.72. The first-order valence-corrected chi connectivity index (χ1v) is 7.00. The van der Waals surface area contributed by atoms with E-state index in [-0.39, 0.29) is 17.3 Å². The number of hydrogen-bond donors (Lipinski definition) is 3. The Kier molecular flexibility index (Phi) is 2.49. The number of nitrogen functional groups attached to an aromatic ring is 1. The fourth-order valence-electron chi connectivity index (χ4n) is 3.01. The minimum Gasteiger partial charge on any atom is -0.383 e. The summed E-state index contributed by atoms with van der Waals surface area (Å²) >= 11 is 0. The van der Waals surface area contributed by atoms with Crippen molar-refractivity contribution in [2.24, 2.45) is 0 Å². The second kappa shape index (κ2) is 4.29. The van der Waals surface area contributed by atoms with Crippen LogP contribution in [-0.2, 0) is 6.42 Å². The highest BCUT2D eigenvalue weighted by atomic mass is 16.2. The first-order chi connectivity index (χ1) is 10.6. The molecule has 2 aliphatic rings. The van der Waals surface area contributed by atoms with Crippen LogP contribution < -0.4 is 16.4 Å². The zero-order chi connectivity index (χ0) is 15.3. The largest absolute Gasteiger partial charge is 0.383 e. The number of hydrogen-bond acceptors (Lipinski definition) is 5. The molecule has 1 fully saturated rings. The predicted molar refractivity (Wildman–Crippen MR) is 76.0 cm³/mol. The molecule has 0 saturated carbocycles. The first kappa shape index (κ1) is 12.8. The number of nitriles is 1. The van der Waals surface area contributed by atoms with Gasteiger partial charge in [0.2, 0.25) is 0 Å². The number of nitrogens with one attached hydrogen (secondary N) is 1. The summed E-state index contributed by atoms with van der Waals surface area (Å²) in [5.74, 6) is 0.600. The molecule has 2 aromatic rings. The van der Waals surface area contributed by atoms with Gasteiger partial charge in [-0.15, -0.1) is 0 Å². The Morgan fingerprint density at radius 1 is 1.45 bits per heavy atom. The van der Waals surface area contributed by atoms with Crippen molar-refractivity contribution < 1.29 is 10.1 Å². The maximum atomic E-state index is 12.3. The van der Waals surface area contributed by atoms with Gasteiger partial charge >= 0.3 is 0 Å². The van der Waals surface area contributed by atoms with E-state index in [2.05, 4.69) is 20.7 Å². The van der Waals surface area contributed by atoms with E-state index in [9.17, 15) is 4.79 Å². The molecular formula is C14H14N7O+. The molecule has 2 aromatic heterocycles. The Morgan fingerprint density at radius 2 is 2.27 bits per heavy atom. The first-order valence-electron chi connectivity index (χ1n) is 7.00. The smallest absolute Gasteiger partial charge is 0.257 e. The molecule has 1 amide bonds. The van der Waals surface area contributed by atoms with Crippen molar-refractivity contribution in [1.29, 1.82) is 5.26 Å². The van der Waals surface area contributed by atoms with Crippen molar-refractivity contribution in [2.45, 2.75) is 12.0 Å². The topological polar surface area (TPSA) is 126 Å². The van der Waals surface area contributed by atoms with Crippen molar-refractivity contribution >= 4 is 11.7 Å². The van der Waals surface area contributed by atoms with Crippen molar-refractivity contribution in [2.75, 3.05) is 18.8 Å². The highest BCUT2D eigenvalue weighted by molar-refractivity contribution is 6.01. The zero-order valence-electron chi connectivity index (χ0n) is 11.7. The third-order valence-corrected chi connectivity index (χ3v) is 4.27. The number of rotatable bonds is 1. The normalized spacial score (nSPS) is 18.2. The molecule has 8 heteroatoms. The van der Waals surface area contributed by atoms with Crippen LogP contribution in [0.2, 0.25) is 0 Å². The average Bonchev–Trinajstić information content (AvgIpc) is 2.83. The van der Waals surface area contributed by atoms with Crippen LogP contribution in [0, 0.1) is 11.3 Å². The van der Waals surface area contributed by atoms with E-state index in [0.29, 0.717) is 29.1 Å². The lowest BCUT2D eigenvalue weighted by Gasteiger charge is -2.41. The molecule has 8 nitrogen and oxygen atoms in total. The highest BCUT2D eigenvalue weighted by Gasteiger charge is 2.49. The minimum atomic E-state index is -0.187. The number of fused-ring (bicyclic) bond motifs is 1. The van der Waals surface area contributed by atoms with Crippen LogP contribution in [0.15, 0.2) is 18.3 Å². The molecule has 0 atom stereocenters. The molecule has 0 radical (unpaired) electrons. The quantitative estimate of drug-likeness (QED) is 0.579. The third kappa shape index (κ3) is 1.69. The summed E-state index contributed by atoms with van der Waals surface area (Å²) in [5, 5.41) is 18.5. The van der Waals surface area contributed by atoms with Crippen molar-refractivity contribution in [3.8, 4) is 11.9 Å². The Labute approximate surface area is 125 Å². The van der Waals surface area contributed by atoms with Crippen LogP contribution in [0.4, 0.5) is 5.82 Å². The maximum absolute atomic E-state index is 12.3. The fraction of sp³-hybridized carbons (Fsp3) is 0.286. The molecule has 1 spiro atoms. The Hall–Kier alpha value is -2.92. The summed E-state index contributed by atoms with van der Waals surface area (Å²) in [6, 6.07) is 5.32. The molecule has 110 valence electrons. The lowest BCUT2D eigenvalue weighted by atomic mass is 9.83. The van der Waals surface area contributed by atoms with Gasteiger partial charge in [0.1, 0.15) is 36.1 Å². The maximum Gasteiger partial charge on any atom is 0.257 e. The Bertz CT molecular complexity index is 811. The van der Waals surface area contributed by atoms with Crippen LogP contribution in [-0.4, -0.2) is 39.3 Å². The second-order valence-electron chi connectivity index (χ2n) is 5.74. The van der Waals surface area contributed by atoms with Gasteiger partial charge in [-0.2, -0.15) is 15.0 Å². The number of carbonyl (C=O) groups excluding carboxylic acids is 1. The summed E-state index contributed by atoms with van der Waals surface area (Å²) in [7, 11) is 0. The van der Waals surface area contributed by atoms with Gasteiger partial charge in [0.25, 0.3) is 5.91 Å². The molecule has 0 bridgehead atoms. The van der Waals surface area contributed by atoms with Crippen LogP contribution in [0.5, 0.6) is 0 Å². The van der Waals surface area contributed by atoms with E-state index in [1.165, 1.54) is 10.9 Å². The number of pyridine rings is 1. The average molecular weight is 296 g/mol. The Morgan fingerprint density at radius 3 is 2.86 bits per heavy atom. The van der Waals surface area contributed by atoms with E-state index in [1.54, 1.807) is 12.1 Å². The van der Waals surface area contributed by atoms with Gasteiger partial charge in [0.15, 0.2) is 5.82 Å². The van der Waals surface area contributed by atoms with E-state index in [4.69, 9.17) is 11.0 Å². The number of nitrogens with zero attached hydrogens (tertiary/aromatic N) is 4. The van der Waals surface area contributed by atoms with Crippen molar-refractivity contribution in [3.63, 3.8) is 0 Å². The summed E-state index contributed by atoms with van der Waals surface area (Å²) in [4.78, 5) is 16.5. The highest BCUT2D eigenvalue weighted by Crippen LogP contribution is 2.28. The van der Waals surface area contributed by atoms with Gasteiger partial charge in [-0.05, 0) is 12.1 Å². The molecular weight excluding hydrogens is 282 g/mol. The molecule has 2 aliphatic heterocycles. The van der Waals surface area contributed by atoms with E-state index >= 15 is 0 Å². The standard InChI is InChI=1S/C14H13N7O/c15-4-8-1-2-10(18-5-8)21-12(16)11-9(20-21)3-14(6-17-7-14)19-13(11)22/h1-2,5,17H,3,6-7,16H2,(H,19,22)/p+1. The number of aromatic nitrogens is 3. The van der Waals surface area contributed by atoms with E-state index in [0.717, 1.165) is 13.1 Å². The SMILES string of the molecule is N#Cc1ccc(-n2nc3c(c2N)C(=O)NC2(C[NH2+]C2)C3)nc1. The van der Waals surface area contributed by atoms with Gasteiger partial charge in [0, 0.05) is 12.6 Å². The zero-order valence-corrected chi connectivity index (χ0v) is 11.7. The van der Waals surface area contributed by atoms with Gasteiger partial charge in [-0.1, -0.05) is 0 Å². The van der Waals surface area contributed by atoms with Gasteiger partial charge in [0.05, 0.1) is 11.3 Å². The molecule has 0 aromatic carbocycles. The number of anilines is 1. The molecule has 0 unspecified atom stereocenters. The summed E-state index contributed by atoms with van der Waals surface area (Å²) in [5.41, 5.74) is 7.51. The predicted octanol–water partition coefficient (Wildman–Crippen LogP) is -1.68. The minimum absolute atomic E-state index is 0.174. The van der Waals surface area contributed by atoms with E-state index < -0.39 is 0 Å². The molecule has 22 heavy (non-hydrogen) atoms. The molecule has 0 aliphatic carbocycles. The van der Waals surface area contributed by atoms with Crippen LogP contribution in [0.25, 0.3) is 5.82 Å². The lowest BCUT2D eigenvalue weighted by molar-refractivity contribution is -0.726. The van der Waals surface area contributed by atoms with Crippen LogP contribution >= 0.6 is 0 Å². The summed E-state index contributed by atoms with van der Waals surface area (Å²) in [6.07, 6.45) is 2.13. The molecule has 4 heterocycles. The van der Waals surface area contributed by atoms with Crippen molar-refractivity contribution in [1.82, 2.24) is 20.1 Å². The lowest BCUT2D eigenvalue weighted by Crippen LogP contribution is -3.05. The molecule has 1 saturated heterocycles. The van der Waals surface area contributed by atoms with Gasteiger partial charge < -0.3 is 16.4 Å². The Balaban J connectivity index is 1.78. The fourth-order valence-corrected chi connectivity index (χ4v) is 3.01. The van der Waals surface area contributed by atoms with Gasteiger partial charge in [-0.25, -0.2) is 4.98 Å². The van der Waals surface area contributed by atoms with Crippen LogP contribution in [0.3, 0.4) is 0 Å². The number of amides is 1. The second-order valence-corrected chi connectivity index (χ2v) is 5.74. The van der Waals surface area contributed by atoms with Crippen molar-refractivity contribution in [3.05, 3.63) is 35.2 Å². The number of nitrogens with two attached hydrogens (primary N) is 2.